The third kappa shape index (κ3) is 1.84. The van der Waals surface area contributed by atoms with E-state index < -0.39 is 0 Å². The van der Waals surface area contributed by atoms with Crippen molar-refractivity contribution < 1.29 is 0 Å². The summed E-state index contributed by atoms with van der Waals surface area (Å²) in [7, 11) is 0. The van der Waals surface area contributed by atoms with Crippen molar-refractivity contribution in [2.75, 3.05) is 5.73 Å². The van der Waals surface area contributed by atoms with E-state index in [1.165, 1.54) is 10.8 Å². The Balaban J connectivity index is 1.91. The molecule has 0 saturated heterocycles. The van der Waals surface area contributed by atoms with Crippen LogP contribution in [0.4, 0.5) is 5.69 Å². The van der Waals surface area contributed by atoms with Crippen molar-refractivity contribution in [3.8, 4) is 10.6 Å². The number of nitrogens with zero attached hydrogens (tertiary/aromatic N) is 1. The maximum atomic E-state index is 5.83. The Hall–Kier alpha value is -2.39. The van der Waals surface area contributed by atoms with Crippen LogP contribution in [0.25, 0.3) is 31.6 Å². The van der Waals surface area contributed by atoms with E-state index in [4.69, 9.17) is 10.7 Å². The lowest BCUT2D eigenvalue weighted by molar-refractivity contribution is 1.48. The first-order valence-corrected chi connectivity index (χ1v) is 7.26. The van der Waals surface area contributed by atoms with Crippen LogP contribution in [0.3, 0.4) is 0 Å². The number of nitrogen functional groups attached to an aromatic ring is 1. The Labute approximate surface area is 120 Å². The highest BCUT2D eigenvalue weighted by Gasteiger charge is 2.07. The van der Waals surface area contributed by atoms with Gasteiger partial charge in [-0.2, -0.15) is 0 Å². The van der Waals surface area contributed by atoms with Gasteiger partial charge in [0.1, 0.15) is 5.01 Å². The van der Waals surface area contributed by atoms with Crippen LogP contribution in [0.5, 0.6) is 0 Å². The van der Waals surface area contributed by atoms with Crippen LogP contribution in [-0.4, -0.2) is 4.98 Å². The van der Waals surface area contributed by atoms with Crippen molar-refractivity contribution in [1.82, 2.24) is 4.98 Å². The normalized spacial score (nSPS) is 11.2. The van der Waals surface area contributed by atoms with Crippen molar-refractivity contribution in [3.05, 3.63) is 60.7 Å². The Morgan fingerprint density at radius 3 is 2.60 bits per heavy atom. The second-order valence-corrected chi connectivity index (χ2v) is 5.84. The number of hydrogen-bond donors (Lipinski definition) is 1. The molecule has 0 amide bonds. The number of benzene rings is 3. The molecule has 0 saturated carbocycles. The molecule has 96 valence electrons. The highest BCUT2D eigenvalue weighted by Crippen LogP contribution is 2.32. The van der Waals surface area contributed by atoms with Gasteiger partial charge in [-0.15, -0.1) is 11.3 Å². The maximum Gasteiger partial charge on any atom is 0.124 e. The minimum absolute atomic E-state index is 0.784. The highest BCUT2D eigenvalue weighted by atomic mass is 32.1. The minimum atomic E-state index is 0.784. The number of anilines is 1. The monoisotopic (exact) mass is 276 g/mol. The number of thiazole rings is 1. The van der Waals surface area contributed by atoms with E-state index in [-0.39, 0.29) is 0 Å². The predicted octanol–water partition coefficient (Wildman–Crippen LogP) is 4.70. The highest BCUT2D eigenvalue weighted by molar-refractivity contribution is 7.21. The van der Waals surface area contributed by atoms with E-state index in [9.17, 15) is 0 Å². The third-order valence-electron chi connectivity index (χ3n) is 3.41. The average molecular weight is 276 g/mol. The second-order valence-electron chi connectivity index (χ2n) is 4.81. The zero-order valence-electron chi connectivity index (χ0n) is 10.7. The molecular weight excluding hydrogens is 264 g/mol. The molecule has 0 fully saturated rings. The van der Waals surface area contributed by atoms with Gasteiger partial charge in [-0.25, -0.2) is 4.98 Å². The molecule has 0 spiro atoms. The van der Waals surface area contributed by atoms with E-state index in [0.717, 1.165) is 26.5 Å². The molecule has 2 nitrogen and oxygen atoms in total. The molecule has 2 N–H and O–H groups in total. The summed E-state index contributed by atoms with van der Waals surface area (Å²) in [4.78, 5) is 4.69. The van der Waals surface area contributed by atoms with Crippen molar-refractivity contribution in [1.29, 1.82) is 0 Å². The maximum absolute atomic E-state index is 5.83. The molecule has 20 heavy (non-hydrogen) atoms. The van der Waals surface area contributed by atoms with Gasteiger partial charge in [0.15, 0.2) is 0 Å². The first-order chi connectivity index (χ1) is 9.79. The lowest BCUT2D eigenvalue weighted by atomic mass is 10.1. The van der Waals surface area contributed by atoms with E-state index in [0.29, 0.717) is 0 Å². The summed E-state index contributed by atoms with van der Waals surface area (Å²) in [6.07, 6.45) is 0. The van der Waals surface area contributed by atoms with Crippen molar-refractivity contribution in [2.45, 2.75) is 0 Å². The van der Waals surface area contributed by atoms with Gasteiger partial charge in [0.25, 0.3) is 0 Å². The topological polar surface area (TPSA) is 38.9 Å². The fourth-order valence-corrected chi connectivity index (χ4v) is 3.40. The van der Waals surface area contributed by atoms with E-state index in [1.807, 2.05) is 18.2 Å². The third-order valence-corrected chi connectivity index (χ3v) is 4.48. The summed E-state index contributed by atoms with van der Waals surface area (Å²) in [5.74, 6) is 0. The molecule has 4 rings (SSSR count). The smallest absolute Gasteiger partial charge is 0.124 e. The number of nitrogens with two attached hydrogens (primary N) is 1. The van der Waals surface area contributed by atoms with Crippen LogP contribution in [0.2, 0.25) is 0 Å². The Morgan fingerprint density at radius 2 is 1.70 bits per heavy atom. The van der Waals surface area contributed by atoms with Gasteiger partial charge in [-0.3, -0.25) is 0 Å². The quantitative estimate of drug-likeness (QED) is 0.512. The van der Waals surface area contributed by atoms with Crippen LogP contribution in [-0.2, 0) is 0 Å². The lowest BCUT2D eigenvalue weighted by Gasteiger charge is -2.00. The molecule has 0 radical (unpaired) electrons. The molecule has 0 aliphatic rings. The van der Waals surface area contributed by atoms with Gasteiger partial charge in [0.2, 0.25) is 0 Å². The minimum Gasteiger partial charge on any atom is -0.399 e. The zero-order valence-corrected chi connectivity index (χ0v) is 11.5. The van der Waals surface area contributed by atoms with Crippen molar-refractivity contribution >= 4 is 38.0 Å². The molecule has 3 heteroatoms. The number of aromatic nitrogens is 1. The summed E-state index contributed by atoms with van der Waals surface area (Å²) in [6.45, 7) is 0. The second kappa shape index (κ2) is 4.32. The van der Waals surface area contributed by atoms with Gasteiger partial charge in [0, 0.05) is 11.3 Å². The van der Waals surface area contributed by atoms with Gasteiger partial charge < -0.3 is 5.73 Å². The average Bonchev–Trinajstić information content (AvgIpc) is 2.89. The van der Waals surface area contributed by atoms with E-state index in [2.05, 4.69) is 42.5 Å². The summed E-state index contributed by atoms with van der Waals surface area (Å²) < 4.78 is 1.13. The molecule has 1 aromatic heterocycles. The molecule has 0 atom stereocenters. The SMILES string of the molecule is Nc1ccc2nc(-c3ccc4ccccc4c3)sc2c1. The molecule has 0 aliphatic heterocycles. The fraction of sp³-hybridized carbons (Fsp3) is 0. The Bertz CT molecular complexity index is 924. The van der Waals surface area contributed by atoms with Crippen LogP contribution in [0, 0.1) is 0 Å². The van der Waals surface area contributed by atoms with E-state index in [1.54, 1.807) is 11.3 Å². The molecule has 0 bridgehead atoms. The van der Waals surface area contributed by atoms with Crippen molar-refractivity contribution in [3.63, 3.8) is 0 Å². The standard InChI is InChI=1S/C17H12N2S/c18-14-7-8-15-16(10-14)20-17(19-15)13-6-5-11-3-1-2-4-12(11)9-13/h1-10H,18H2. The number of rotatable bonds is 1. The molecule has 1 heterocycles. The van der Waals surface area contributed by atoms with Gasteiger partial charge in [-0.1, -0.05) is 36.4 Å². The van der Waals surface area contributed by atoms with Gasteiger partial charge in [-0.05, 0) is 35.0 Å². The number of fused-ring (bicyclic) bond motifs is 2. The lowest BCUT2D eigenvalue weighted by Crippen LogP contribution is -1.81. The summed E-state index contributed by atoms with van der Waals surface area (Å²) >= 11 is 1.68. The Kier molecular flexibility index (Phi) is 2.47. The summed E-state index contributed by atoms with van der Waals surface area (Å²) in [5, 5.41) is 3.53. The van der Waals surface area contributed by atoms with Crippen LogP contribution in [0.15, 0.2) is 60.7 Å². The number of hydrogen-bond acceptors (Lipinski definition) is 3. The first-order valence-electron chi connectivity index (χ1n) is 6.45. The summed E-state index contributed by atoms with van der Waals surface area (Å²) in [5.41, 5.74) is 8.77. The first kappa shape index (κ1) is 11.4. The van der Waals surface area contributed by atoms with Crippen LogP contribution in [0.1, 0.15) is 0 Å². The largest absolute Gasteiger partial charge is 0.399 e. The van der Waals surface area contributed by atoms with Crippen LogP contribution >= 0.6 is 11.3 Å². The summed E-state index contributed by atoms with van der Waals surface area (Å²) in [6, 6.07) is 20.7. The molecule has 4 aromatic rings. The van der Waals surface area contributed by atoms with Gasteiger partial charge >= 0.3 is 0 Å². The Morgan fingerprint density at radius 1 is 0.850 bits per heavy atom. The van der Waals surface area contributed by atoms with Crippen LogP contribution < -0.4 is 5.73 Å². The molecular formula is C17H12N2S. The zero-order chi connectivity index (χ0) is 13.5. The molecule has 0 unspecified atom stereocenters. The van der Waals surface area contributed by atoms with Gasteiger partial charge in [0.05, 0.1) is 10.2 Å². The van der Waals surface area contributed by atoms with Crippen molar-refractivity contribution in [2.24, 2.45) is 0 Å². The molecule has 3 aromatic carbocycles. The fourth-order valence-electron chi connectivity index (χ4n) is 2.39. The molecule has 0 aliphatic carbocycles. The predicted molar refractivity (Wildman–Crippen MR) is 87.0 cm³/mol. The van der Waals surface area contributed by atoms with E-state index >= 15 is 0 Å².